The molecule has 17 aromatic carbocycles. The van der Waals surface area contributed by atoms with Crippen LogP contribution >= 0.6 is 32.1 Å². The van der Waals surface area contributed by atoms with E-state index in [1.807, 2.05) is 54.9 Å². The first kappa shape index (κ1) is 91.2. The molecule has 0 amide bonds. The zero-order valence-corrected chi connectivity index (χ0v) is 84.5. The second-order valence-electron chi connectivity index (χ2n) is 31.6. The number of rotatable bonds is 10. The van der Waals surface area contributed by atoms with Crippen molar-refractivity contribution in [2.45, 2.75) is 59.7 Å². The van der Waals surface area contributed by atoms with Crippen molar-refractivity contribution in [1.29, 1.82) is 0 Å². The number of hydrogen-bond acceptors (Lipinski definition) is 10. The monoisotopic (exact) mass is 1820 g/mol. The van der Waals surface area contributed by atoms with Gasteiger partial charge in [-0.25, -0.2) is 24.6 Å². The zero-order chi connectivity index (χ0) is 86.5. The third-order valence-corrected chi connectivity index (χ3v) is 27.4. The van der Waals surface area contributed by atoms with E-state index in [1.54, 1.807) is 0 Å². The number of nitrogens with zero attached hydrogens (tertiary/aromatic N) is 6. The van der Waals surface area contributed by atoms with Gasteiger partial charge in [0.2, 0.25) is 11.6 Å². The molecule has 126 heavy (non-hydrogen) atoms. The summed E-state index contributed by atoms with van der Waals surface area (Å²) in [6.45, 7) is 15.0. The van der Waals surface area contributed by atoms with Crippen molar-refractivity contribution >= 4 is 222 Å². The molecule has 0 N–H and O–H groups in total. The number of para-hydroxylation sites is 4. The number of hydrogen-bond donors (Lipinski definition) is 0. The second kappa shape index (κ2) is 40.9. The molecule has 1 aliphatic heterocycles. The normalized spacial score (nSPS) is 12.7. The Bertz CT molecular complexity index is 7340. The molecule has 19 heteroatoms. The minimum atomic E-state index is -3.15. The van der Waals surface area contributed by atoms with Gasteiger partial charge in [-0.15, -0.1) is 0 Å². The third kappa shape index (κ3) is 18.7. The van der Waals surface area contributed by atoms with Gasteiger partial charge in [0.15, 0.2) is 0 Å². The number of aromatic nitrogens is 6. The van der Waals surface area contributed by atoms with Gasteiger partial charge in [0, 0.05) is 27.6 Å². The molecule has 5 heterocycles. The average Bonchev–Trinajstić information content (AvgIpc) is 1.63. The predicted molar refractivity (Wildman–Crippen MR) is 523 cm³/mol. The maximum absolute atomic E-state index is 8.87. The predicted octanol–water partition coefficient (Wildman–Crippen LogP) is 20.7. The van der Waals surface area contributed by atoms with Gasteiger partial charge in [-0.05, 0) is 240 Å². The fraction of sp³-hybridized carbons (Fsp3) is 0.0841. The molecule has 0 aliphatic carbocycles. The summed E-state index contributed by atoms with van der Waals surface area (Å²) in [7, 11) is -4.02. The summed E-state index contributed by atoms with van der Waals surface area (Å²) in [4.78, 5) is 27.3. The molecule has 600 valence electrons. The van der Waals surface area contributed by atoms with E-state index < -0.39 is 16.2 Å². The molecule has 1 saturated heterocycles. The average molecular weight is 1820 g/mol. The van der Waals surface area contributed by atoms with Crippen molar-refractivity contribution in [2.75, 3.05) is 0 Å². The van der Waals surface area contributed by atoms with Crippen molar-refractivity contribution in [3.05, 3.63) is 398 Å². The van der Waals surface area contributed by atoms with Gasteiger partial charge in [-0.2, -0.15) is 0 Å². The smallest absolute Gasteiger partial charge is 0.235 e. The summed E-state index contributed by atoms with van der Waals surface area (Å²) in [6, 6.07) is 130. The molecule has 1 unspecified atom stereocenters. The van der Waals surface area contributed by atoms with Crippen LogP contribution in [0.25, 0.3) is 154 Å². The summed E-state index contributed by atoms with van der Waals surface area (Å²) >= 11 is 6.06. The Morgan fingerprint density at radius 3 is 1.03 bits per heavy atom. The van der Waals surface area contributed by atoms with Crippen LogP contribution in [0.1, 0.15) is 44.4 Å². The molecule has 0 spiro atoms. The summed E-state index contributed by atoms with van der Waals surface area (Å²) < 4.78 is 29.2. The Morgan fingerprint density at radius 2 is 0.659 bits per heavy atom. The van der Waals surface area contributed by atoms with Gasteiger partial charge >= 0.3 is 130 Å². The molecule has 21 aromatic rings. The van der Waals surface area contributed by atoms with Crippen LogP contribution in [0.5, 0.6) is 0 Å². The second-order valence-corrected chi connectivity index (χ2v) is 35.2. The Balaban J connectivity index is 0.000000126. The fourth-order valence-electron chi connectivity index (χ4n) is 17.0. The van der Waals surface area contributed by atoms with E-state index in [1.165, 1.54) is 183 Å². The summed E-state index contributed by atoms with van der Waals surface area (Å²) in [5.41, 5.74) is 23.1. The fourth-order valence-corrected chi connectivity index (χ4v) is 20.3. The number of imidazole rings is 2. The summed E-state index contributed by atoms with van der Waals surface area (Å²) in [6.07, 6.45) is 3.82. The van der Waals surface area contributed by atoms with Crippen molar-refractivity contribution < 1.29 is 80.1 Å². The Kier molecular flexibility index (Phi) is 29.6. The van der Waals surface area contributed by atoms with Gasteiger partial charge < -0.3 is 19.5 Å². The van der Waals surface area contributed by atoms with Gasteiger partial charge in [0.1, 0.15) is 0 Å². The van der Waals surface area contributed by atoms with E-state index >= 15 is 0 Å². The van der Waals surface area contributed by atoms with E-state index in [0.29, 0.717) is 0 Å². The topological polar surface area (TPSA) is 151 Å². The number of benzene rings is 17. The van der Waals surface area contributed by atoms with Crippen molar-refractivity contribution in [1.82, 2.24) is 28.7 Å². The standard InChI is InChI=1S/C40H25N3.C32H29BO2.C21H21P.C14H8BrN3.3K.HO4P/c1-2-11-27(12-3-1)38-30-13-4-6-15-32(30)39(33-16-7-5-14-31(33)38)28-23-21-26(22-24-28)29-17-10-20-36-34(29)25-41-40-42-35-18-8-9-19-37(35)43(36)40;1-31(2)32(3,4)35-33(34-31)24-20-18-23(19-21-24)30-27-16-10-8-14-25(27)29(22-12-6-5-7-13-22)26-15-9-11-17-28(26)30;1-16-10-4-7-13-19(16)22(20-14-8-5-11-17(20)2)21-15-9-6-12-18(21)3;15-10-4-3-7-12-9(10)8-16-14-17-11-5-1-2-6-13(11)18(12)14;;;;1-4-5(2)3/h1-25H;5-21H,1-4H3;4-15H,1-3H3;1-8H;;;;1H/q;;;;;;+1;/p-1. The summed E-state index contributed by atoms with van der Waals surface area (Å²) in [5.74, 6) is 1.46. The molecule has 1 fully saturated rings. The number of halogens is 1. The van der Waals surface area contributed by atoms with Crippen LogP contribution in [-0.2, 0) is 18.5 Å². The Hall–Kier alpha value is -8.16. The van der Waals surface area contributed by atoms with Crippen molar-refractivity contribution in [3.63, 3.8) is 0 Å². The van der Waals surface area contributed by atoms with E-state index in [2.05, 4.69) is 409 Å². The first-order valence-electron chi connectivity index (χ1n) is 41.9. The van der Waals surface area contributed by atoms with Crippen LogP contribution in [-0.4, -0.2) is 110 Å². The SMILES string of the molecule is Brc1cccc2c1cnc1nc3ccccc3n12.CC1(C)OB(c2ccc(-c3c4ccccc4c(-c4ccccc4)c4ccccc34)cc2)OC1(C)C.Cc1ccccc1P(c1ccccc1C)c1ccccc1C.O=[P+]([O-])O[O-].[K+].[K][K].c1ccc(-c2c3ccccc3c(-c3ccc(-c4cccc5c4cnc4nc6ccccc6n45)cc3)c3ccccc23)cc1. The molecular formula is C107H83BBrK3N6O6P2. The van der Waals surface area contributed by atoms with Crippen LogP contribution in [0.4, 0.5) is 0 Å². The molecule has 22 rings (SSSR count). The maximum atomic E-state index is 8.87. The molecule has 0 radical (unpaired) electrons. The van der Waals surface area contributed by atoms with Gasteiger partial charge in [0.05, 0.1) is 44.3 Å². The van der Waals surface area contributed by atoms with E-state index in [4.69, 9.17) is 34.0 Å². The summed E-state index contributed by atoms with van der Waals surface area (Å²) in [5, 5.41) is 25.2. The van der Waals surface area contributed by atoms with E-state index in [9.17, 15) is 0 Å². The van der Waals surface area contributed by atoms with Crippen LogP contribution in [0.2, 0.25) is 0 Å². The Labute approximate surface area is 831 Å². The Morgan fingerprint density at radius 1 is 0.365 bits per heavy atom. The minimum Gasteiger partial charge on any atom is -0.276 e. The van der Waals surface area contributed by atoms with Crippen LogP contribution in [0.3, 0.4) is 0 Å². The molecule has 1 aliphatic rings. The van der Waals surface area contributed by atoms with Gasteiger partial charge in [-0.3, -0.25) is 8.80 Å². The first-order chi connectivity index (χ1) is 61.0. The van der Waals surface area contributed by atoms with E-state index in [-0.39, 0.29) is 69.7 Å². The first-order valence-corrected chi connectivity index (χ1v) is 61.1. The maximum Gasteiger partial charge on any atom is 0.235 e. The van der Waals surface area contributed by atoms with E-state index in [0.717, 1.165) is 76.5 Å². The molecule has 0 bridgehead atoms. The molecular weight excluding hydrogens is 1740 g/mol. The molecule has 4 aromatic heterocycles. The van der Waals surface area contributed by atoms with Crippen LogP contribution < -0.4 is 82.9 Å². The van der Waals surface area contributed by atoms with Gasteiger partial charge in [0.25, 0.3) is 0 Å². The van der Waals surface area contributed by atoms with Crippen molar-refractivity contribution in [3.8, 4) is 55.6 Å². The number of aryl methyl sites for hydroxylation is 3. The van der Waals surface area contributed by atoms with Crippen LogP contribution in [0, 0.1) is 20.8 Å². The quantitative estimate of drug-likeness (QED) is 0.0425. The molecule has 1 atom stereocenters. The molecule has 0 saturated carbocycles. The van der Waals surface area contributed by atoms with Crippen LogP contribution in [0.15, 0.2) is 381 Å². The third-order valence-electron chi connectivity index (χ3n) is 23.6. The molecule has 12 nitrogen and oxygen atoms in total. The number of fused-ring (bicyclic) bond motifs is 14. The zero-order valence-electron chi connectivity index (χ0n) is 71.8. The van der Waals surface area contributed by atoms with Crippen molar-refractivity contribution in [2.24, 2.45) is 0 Å². The largest absolute Gasteiger partial charge is 0.276 e. The van der Waals surface area contributed by atoms with Gasteiger partial charge in [-0.1, -0.05) is 337 Å². The minimum absolute atomic E-state index is 0.